The third-order valence-electron chi connectivity index (χ3n) is 3.74. The van der Waals surface area contributed by atoms with Gasteiger partial charge in [-0.15, -0.1) is 0 Å². The Morgan fingerprint density at radius 1 is 1.14 bits per heavy atom. The average Bonchev–Trinajstić information content (AvgIpc) is 2.72. The maximum absolute atomic E-state index is 12.3. The van der Waals surface area contributed by atoms with Crippen molar-refractivity contribution < 1.29 is 23.7 Å². The van der Waals surface area contributed by atoms with Gasteiger partial charge in [-0.05, 0) is 41.8 Å². The van der Waals surface area contributed by atoms with Gasteiger partial charge in [-0.2, -0.15) is 0 Å². The molecule has 156 valence electrons. The molecule has 1 aromatic carbocycles. The summed E-state index contributed by atoms with van der Waals surface area (Å²) < 4.78 is 21.6. The SMILES string of the molecule is COCCOc1ncccc1NC(=O)/C=C/c1ccc(OCC(C)C)c(OC)c1. The zero-order chi connectivity index (χ0) is 21.1. The molecule has 0 bridgehead atoms. The van der Waals surface area contributed by atoms with Crippen molar-refractivity contribution in [3.8, 4) is 17.4 Å². The Hall–Kier alpha value is -3.06. The summed E-state index contributed by atoms with van der Waals surface area (Å²) in [4.78, 5) is 16.4. The summed E-state index contributed by atoms with van der Waals surface area (Å²) in [7, 11) is 3.18. The number of benzene rings is 1. The second kappa shape index (κ2) is 11.7. The van der Waals surface area contributed by atoms with Crippen molar-refractivity contribution in [2.45, 2.75) is 13.8 Å². The zero-order valence-electron chi connectivity index (χ0n) is 17.3. The molecule has 0 unspecified atom stereocenters. The van der Waals surface area contributed by atoms with E-state index in [-0.39, 0.29) is 5.91 Å². The molecule has 0 saturated carbocycles. The van der Waals surface area contributed by atoms with Gasteiger partial charge in [-0.3, -0.25) is 4.79 Å². The molecule has 2 aromatic rings. The summed E-state index contributed by atoms with van der Waals surface area (Å²) in [5, 5.41) is 2.77. The Balaban J connectivity index is 2.02. The smallest absolute Gasteiger partial charge is 0.248 e. The van der Waals surface area contributed by atoms with Crippen LogP contribution >= 0.6 is 0 Å². The molecule has 7 nitrogen and oxygen atoms in total. The molecule has 1 amide bonds. The van der Waals surface area contributed by atoms with Gasteiger partial charge in [0.2, 0.25) is 11.8 Å². The highest BCUT2D eigenvalue weighted by Gasteiger charge is 2.08. The summed E-state index contributed by atoms with van der Waals surface area (Å²) in [6, 6.07) is 8.98. The standard InChI is InChI=1S/C22H28N2O5/c1-16(2)15-29-19-9-7-17(14-20(19)27-4)8-10-21(25)24-18-6-5-11-23-22(18)28-13-12-26-3/h5-11,14,16H,12-13,15H2,1-4H3,(H,24,25)/b10-8+. The van der Waals surface area contributed by atoms with Crippen LogP contribution in [-0.2, 0) is 9.53 Å². The molecule has 0 fully saturated rings. The Morgan fingerprint density at radius 2 is 1.97 bits per heavy atom. The highest BCUT2D eigenvalue weighted by Crippen LogP contribution is 2.29. The number of carbonyl (C=O) groups excluding carboxylic acids is 1. The first-order valence-corrected chi connectivity index (χ1v) is 9.40. The molecule has 1 heterocycles. The number of hydrogen-bond donors (Lipinski definition) is 1. The molecule has 0 radical (unpaired) electrons. The summed E-state index contributed by atoms with van der Waals surface area (Å²) in [6.07, 6.45) is 4.74. The van der Waals surface area contributed by atoms with E-state index in [1.54, 1.807) is 38.6 Å². The number of hydrogen-bond acceptors (Lipinski definition) is 6. The number of aromatic nitrogens is 1. The summed E-state index contributed by atoms with van der Waals surface area (Å²) >= 11 is 0. The molecule has 0 aliphatic carbocycles. The lowest BCUT2D eigenvalue weighted by atomic mass is 10.2. The van der Waals surface area contributed by atoms with Crippen LogP contribution in [0.25, 0.3) is 6.08 Å². The lowest BCUT2D eigenvalue weighted by Crippen LogP contribution is -2.12. The van der Waals surface area contributed by atoms with E-state index in [0.29, 0.717) is 48.8 Å². The molecule has 1 N–H and O–H groups in total. The van der Waals surface area contributed by atoms with Crippen molar-refractivity contribution in [3.63, 3.8) is 0 Å². The van der Waals surface area contributed by atoms with Crippen LogP contribution in [0.15, 0.2) is 42.6 Å². The predicted octanol–water partition coefficient (Wildman–Crippen LogP) is 3.80. The van der Waals surface area contributed by atoms with E-state index in [1.807, 2.05) is 18.2 Å². The lowest BCUT2D eigenvalue weighted by Gasteiger charge is -2.12. The first kappa shape index (κ1) is 22.2. The van der Waals surface area contributed by atoms with Gasteiger partial charge in [0.1, 0.15) is 12.3 Å². The number of amides is 1. The number of ether oxygens (including phenoxy) is 4. The minimum Gasteiger partial charge on any atom is -0.493 e. The quantitative estimate of drug-likeness (QED) is 0.457. The van der Waals surface area contributed by atoms with E-state index < -0.39 is 0 Å². The molecule has 0 aliphatic heterocycles. The fourth-order valence-corrected chi connectivity index (χ4v) is 2.33. The van der Waals surface area contributed by atoms with Gasteiger partial charge in [0.15, 0.2) is 11.5 Å². The molecule has 7 heteroatoms. The van der Waals surface area contributed by atoms with E-state index >= 15 is 0 Å². The van der Waals surface area contributed by atoms with Crippen molar-refractivity contribution in [3.05, 3.63) is 48.2 Å². The Morgan fingerprint density at radius 3 is 2.69 bits per heavy atom. The lowest BCUT2D eigenvalue weighted by molar-refractivity contribution is -0.111. The predicted molar refractivity (Wildman–Crippen MR) is 113 cm³/mol. The van der Waals surface area contributed by atoms with E-state index in [9.17, 15) is 4.79 Å². The maximum Gasteiger partial charge on any atom is 0.248 e. The number of carbonyl (C=O) groups is 1. The van der Waals surface area contributed by atoms with Gasteiger partial charge in [0.05, 0.1) is 20.3 Å². The van der Waals surface area contributed by atoms with Crippen LogP contribution in [0.3, 0.4) is 0 Å². The topological polar surface area (TPSA) is 78.9 Å². The molecule has 0 saturated heterocycles. The minimum atomic E-state index is -0.298. The van der Waals surface area contributed by atoms with Crippen molar-refractivity contribution in [1.82, 2.24) is 4.98 Å². The van der Waals surface area contributed by atoms with Gasteiger partial charge in [-0.1, -0.05) is 19.9 Å². The minimum absolute atomic E-state index is 0.298. The van der Waals surface area contributed by atoms with Crippen molar-refractivity contribution in [1.29, 1.82) is 0 Å². The number of nitrogens with zero attached hydrogens (tertiary/aromatic N) is 1. The zero-order valence-corrected chi connectivity index (χ0v) is 17.3. The van der Waals surface area contributed by atoms with Gasteiger partial charge < -0.3 is 24.3 Å². The average molecular weight is 400 g/mol. The number of methoxy groups -OCH3 is 2. The van der Waals surface area contributed by atoms with Crippen LogP contribution in [0.5, 0.6) is 17.4 Å². The van der Waals surface area contributed by atoms with Crippen LogP contribution in [-0.4, -0.2) is 44.9 Å². The fraction of sp³-hybridized carbons (Fsp3) is 0.364. The summed E-state index contributed by atoms with van der Waals surface area (Å²) in [6.45, 7) is 5.55. The van der Waals surface area contributed by atoms with Gasteiger partial charge in [0, 0.05) is 19.4 Å². The first-order valence-electron chi connectivity index (χ1n) is 9.40. The summed E-state index contributed by atoms with van der Waals surface area (Å²) in [5.74, 6) is 1.76. The van der Waals surface area contributed by atoms with Crippen LogP contribution in [0, 0.1) is 5.92 Å². The number of anilines is 1. The molecule has 0 atom stereocenters. The van der Waals surface area contributed by atoms with E-state index in [2.05, 4.69) is 24.1 Å². The molecule has 0 aliphatic rings. The Bertz CT molecular complexity index is 821. The largest absolute Gasteiger partial charge is 0.493 e. The normalized spacial score (nSPS) is 10.9. The second-order valence-corrected chi connectivity index (χ2v) is 6.64. The number of rotatable bonds is 11. The van der Waals surface area contributed by atoms with Gasteiger partial charge >= 0.3 is 0 Å². The number of pyridine rings is 1. The second-order valence-electron chi connectivity index (χ2n) is 6.64. The van der Waals surface area contributed by atoms with E-state index in [1.165, 1.54) is 6.08 Å². The maximum atomic E-state index is 12.3. The van der Waals surface area contributed by atoms with Crippen LogP contribution < -0.4 is 19.5 Å². The monoisotopic (exact) mass is 400 g/mol. The van der Waals surface area contributed by atoms with Gasteiger partial charge in [-0.25, -0.2) is 4.98 Å². The van der Waals surface area contributed by atoms with Crippen molar-refractivity contribution in [2.75, 3.05) is 39.4 Å². The Labute approximate surface area is 171 Å². The molecular formula is C22H28N2O5. The van der Waals surface area contributed by atoms with Crippen LogP contribution in [0.2, 0.25) is 0 Å². The third-order valence-corrected chi connectivity index (χ3v) is 3.74. The Kier molecular flexibility index (Phi) is 8.98. The van der Waals surface area contributed by atoms with E-state index in [0.717, 1.165) is 5.56 Å². The highest BCUT2D eigenvalue weighted by atomic mass is 16.5. The molecule has 1 aromatic heterocycles. The fourth-order valence-electron chi connectivity index (χ4n) is 2.33. The first-order chi connectivity index (χ1) is 14.0. The van der Waals surface area contributed by atoms with Crippen LogP contribution in [0.4, 0.5) is 5.69 Å². The van der Waals surface area contributed by atoms with Gasteiger partial charge in [0.25, 0.3) is 0 Å². The van der Waals surface area contributed by atoms with Crippen molar-refractivity contribution in [2.24, 2.45) is 5.92 Å². The molecule has 29 heavy (non-hydrogen) atoms. The van der Waals surface area contributed by atoms with Crippen molar-refractivity contribution >= 4 is 17.7 Å². The summed E-state index contributed by atoms with van der Waals surface area (Å²) in [5.41, 5.74) is 1.31. The third kappa shape index (κ3) is 7.46. The molecule has 2 rings (SSSR count). The van der Waals surface area contributed by atoms with Crippen LogP contribution in [0.1, 0.15) is 19.4 Å². The number of nitrogens with one attached hydrogen (secondary N) is 1. The highest BCUT2D eigenvalue weighted by molar-refractivity contribution is 6.02. The van der Waals surface area contributed by atoms with E-state index in [4.69, 9.17) is 18.9 Å². The molecular weight excluding hydrogens is 372 g/mol. The molecule has 0 spiro atoms.